The lowest BCUT2D eigenvalue weighted by molar-refractivity contribution is 0.531. The highest BCUT2D eigenvalue weighted by Gasteiger charge is 2.07. The number of hydrogen-bond acceptors (Lipinski definition) is 2. The summed E-state index contributed by atoms with van der Waals surface area (Å²) < 4.78 is 5.82. The van der Waals surface area contributed by atoms with E-state index in [1.54, 1.807) is 6.07 Å². The first kappa shape index (κ1) is 15.3. The normalized spacial score (nSPS) is 10.7. The number of anilines is 1. The Balaban J connectivity index is 1.72. The van der Waals surface area contributed by atoms with E-state index in [1.807, 2.05) is 48.5 Å². The van der Waals surface area contributed by atoms with Gasteiger partial charge in [0.1, 0.15) is 11.5 Å². The molecule has 0 aliphatic carbocycles. The fourth-order valence-electron chi connectivity index (χ4n) is 2.08. The van der Waals surface area contributed by atoms with Crippen molar-refractivity contribution < 1.29 is 4.42 Å². The van der Waals surface area contributed by atoms with Gasteiger partial charge in [-0.3, -0.25) is 0 Å². The molecule has 1 N–H and O–H groups in total. The molecule has 0 bridgehead atoms. The lowest BCUT2D eigenvalue weighted by Crippen LogP contribution is -1.97. The van der Waals surface area contributed by atoms with Gasteiger partial charge in [-0.05, 0) is 54.6 Å². The molecule has 0 radical (unpaired) electrons. The van der Waals surface area contributed by atoms with E-state index in [0.29, 0.717) is 21.6 Å². The van der Waals surface area contributed by atoms with Crippen LogP contribution in [0.2, 0.25) is 15.1 Å². The van der Waals surface area contributed by atoms with Crippen molar-refractivity contribution in [3.05, 3.63) is 75.4 Å². The van der Waals surface area contributed by atoms with Crippen molar-refractivity contribution in [1.29, 1.82) is 0 Å². The summed E-state index contributed by atoms with van der Waals surface area (Å²) in [6.07, 6.45) is 0. The maximum atomic E-state index is 6.01. The SMILES string of the molecule is Clc1ccc(NCc2ccc(-c3cc(Cl)cc(Cl)c3)o2)cc1. The molecule has 0 unspecified atom stereocenters. The topological polar surface area (TPSA) is 25.2 Å². The minimum atomic E-state index is 0.579. The summed E-state index contributed by atoms with van der Waals surface area (Å²) in [5, 5.41) is 5.15. The van der Waals surface area contributed by atoms with E-state index in [9.17, 15) is 0 Å². The standard InChI is InChI=1S/C17H12Cl3NO/c18-12-1-3-15(4-2-12)21-10-16-5-6-17(22-16)11-7-13(19)9-14(20)8-11/h1-9,21H,10H2. The molecule has 2 nitrogen and oxygen atoms in total. The Morgan fingerprint density at radius 1 is 0.773 bits per heavy atom. The summed E-state index contributed by atoms with van der Waals surface area (Å²) in [6, 6.07) is 16.7. The van der Waals surface area contributed by atoms with Crippen LogP contribution in [0.25, 0.3) is 11.3 Å². The highest BCUT2D eigenvalue weighted by Crippen LogP contribution is 2.28. The first-order valence-electron chi connectivity index (χ1n) is 6.65. The zero-order valence-electron chi connectivity index (χ0n) is 11.4. The lowest BCUT2D eigenvalue weighted by Gasteiger charge is -2.04. The second kappa shape index (κ2) is 6.66. The van der Waals surface area contributed by atoms with Gasteiger partial charge in [0.25, 0.3) is 0 Å². The zero-order chi connectivity index (χ0) is 15.5. The molecule has 112 valence electrons. The van der Waals surface area contributed by atoms with E-state index in [4.69, 9.17) is 39.2 Å². The number of rotatable bonds is 4. The minimum absolute atomic E-state index is 0.579. The van der Waals surface area contributed by atoms with E-state index in [1.165, 1.54) is 0 Å². The number of furan rings is 1. The molecule has 0 spiro atoms. The Bertz CT molecular complexity index is 761. The lowest BCUT2D eigenvalue weighted by atomic mass is 10.2. The molecule has 3 aromatic rings. The van der Waals surface area contributed by atoms with E-state index in [-0.39, 0.29) is 0 Å². The Labute approximate surface area is 143 Å². The molecule has 0 saturated carbocycles. The van der Waals surface area contributed by atoms with Crippen LogP contribution in [0.4, 0.5) is 5.69 Å². The fraction of sp³-hybridized carbons (Fsp3) is 0.0588. The van der Waals surface area contributed by atoms with E-state index in [2.05, 4.69) is 5.32 Å². The average Bonchev–Trinajstić information content (AvgIpc) is 2.95. The van der Waals surface area contributed by atoms with Crippen LogP contribution < -0.4 is 5.32 Å². The van der Waals surface area contributed by atoms with Crippen molar-refractivity contribution in [2.75, 3.05) is 5.32 Å². The second-order valence-corrected chi connectivity index (χ2v) is 6.09. The quantitative estimate of drug-likeness (QED) is 0.578. The summed E-state index contributed by atoms with van der Waals surface area (Å²) in [5.41, 5.74) is 1.84. The maximum Gasteiger partial charge on any atom is 0.134 e. The molecular formula is C17H12Cl3NO. The largest absolute Gasteiger partial charge is 0.459 e. The summed E-state index contributed by atoms with van der Waals surface area (Å²) >= 11 is 17.9. The summed E-state index contributed by atoms with van der Waals surface area (Å²) in [6.45, 7) is 0.579. The predicted molar refractivity (Wildman–Crippen MR) is 92.9 cm³/mol. The van der Waals surface area contributed by atoms with E-state index >= 15 is 0 Å². The summed E-state index contributed by atoms with van der Waals surface area (Å²) in [7, 11) is 0. The average molecular weight is 353 g/mol. The molecule has 0 amide bonds. The molecule has 1 aromatic heterocycles. The molecule has 2 aromatic carbocycles. The van der Waals surface area contributed by atoms with Crippen molar-refractivity contribution in [1.82, 2.24) is 0 Å². The Hall–Kier alpha value is -1.61. The third kappa shape index (κ3) is 3.77. The molecular weight excluding hydrogens is 341 g/mol. The Kier molecular flexibility index (Phi) is 4.63. The van der Waals surface area contributed by atoms with Crippen molar-refractivity contribution >= 4 is 40.5 Å². The highest BCUT2D eigenvalue weighted by molar-refractivity contribution is 6.35. The van der Waals surface area contributed by atoms with Gasteiger partial charge in [0.15, 0.2) is 0 Å². The first-order chi connectivity index (χ1) is 10.6. The third-order valence-electron chi connectivity index (χ3n) is 3.12. The van der Waals surface area contributed by atoms with Crippen LogP contribution in [0.15, 0.2) is 59.0 Å². The van der Waals surface area contributed by atoms with Crippen LogP contribution in [-0.2, 0) is 6.54 Å². The Morgan fingerprint density at radius 2 is 1.45 bits per heavy atom. The minimum Gasteiger partial charge on any atom is -0.459 e. The molecule has 0 saturated heterocycles. The number of halogens is 3. The highest BCUT2D eigenvalue weighted by atomic mass is 35.5. The van der Waals surface area contributed by atoms with Gasteiger partial charge in [0.05, 0.1) is 6.54 Å². The Morgan fingerprint density at radius 3 is 2.14 bits per heavy atom. The molecule has 5 heteroatoms. The van der Waals surface area contributed by atoms with E-state index < -0.39 is 0 Å². The van der Waals surface area contributed by atoms with Crippen LogP contribution >= 0.6 is 34.8 Å². The van der Waals surface area contributed by atoms with Crippen molar-refractivity contribution in [2.45, 2.75) is 6.54 Å². The fourth-order valence-corrected chi connectivity index (χ4v) is 2.73. The number of hydrogen-bond donors (Lipinski definition) is 1. The smallest absolute Gasteiger partial charge is 0.134 e. The van der Waals surface area contributed by atoms with Gasteiger partial charge in [-0.2, -0.15) is 0 Å². The molecule has 0 fully saturated rings. The van der Waals surface area contributed by atoms with Crippen LogP contribution in [0.3, 0.4) is 0 Å². The molecule has 22 heavy (non-hydrogen) atoms. The van der Waals surface area contributed by atoms with Gasteiger partial charge in [-0.1, -0.05) is 34.8 Å². The van der Waals surface area contributed by atoms with Gasteiger partial charge in [0, 0.05) is 26.3 Å². The predicted octanol–water partition coefficient (Wildman–Crippen LogP) is 6.52. The summed E-state index contributed by atoms with van der Waals surface area (Å²) in [4.78, 5) is 0. The van der Waals surface area contributed by atoms with Crippen molar-refractivity contribution in [3.63, 3.8) is 0 Å². The second-order valence-electron chi connectivity index (χ2n) is 4.78. The van der Waals surface area contributed by atoms with Crippen molar-refractivity contribution in [3.8, 4) is 11.3 Å². The number of benzene rings is 2. The van der Waals surface area contributed by atoms with Crippen LogP contribution in [0, 0.1) is 0 Å². The molecule has 0 aliphatic rings. The first-order valence-corrected chi connectivity index (χ1v) is 7.78. The molecule has 1 heterocycles. The van der Waals surface area contributed by atoms with Gasteiger partial charge in [-0.25, -0.2) is 0 Å². The van der Waals surface area contributed by atoms with Gasteiger partial charge < -0.3 is 9.73 Å². The molecule has 0 atom stereocenters. The third-order valence-corrected chi connectivity index (χ3v) is 3.81. The summed E-state index contributed by atoms with van der Waals surface area (Å²) in [5.74, 6) is 1.55. The molecule has 3 rings (SSSR count). The number of nitrogens with one attached hydrogen (secondary N) is 1. The maximum absolute atomic E-state index is 6.01. The van der Waals surface area contributed by atoms with E-state index in [0.717, 1.165) is 22.8 Å². The van der Waals surface area contributed by atoms with Crippen LogP contribution in [0.1, 0.15) is 5.76 Å². The monoisotopic (exact) mass is 351 g/mol. The van der Waals surface area contributed by atoms with Gasteiger partial charge in [0.2, 0.25) is 0 Å². The molecule has 0 aliphatic heterocycles. The zero-order valence-corrected chi connectivity index (χ0v) is 13.7. The van der Waals surface area contributed by atoms with Crippen LogP contribution in [-0.4, -0.2) is 0 Å². The van der Waals surface area contributed by atoms with Crippen LogP contribution in [0.5, 0.6) is 0 Å². The van der Waals surface area contributed by atoms with Crippen molar-refractivity contribution in [2.24, 2.45) is 0 Å². The van der Waals surface area contributed by atoms with Gasteiger partial charge >= 0.3 is 0 Å². The van der Waals surface area contributed by atoms with Gasteiger partial charge in [-0.15, -0.1) is 0 Å².